The Morgan fingerprint density at radius 1 is 1.17 bits per heavy atom. The van der Waals surface area contributed by atoms with Crippen molar-refractivity contribution < 1.29 is 17.6 Å². The maximum atomic E-state index is 13.6. The number of benzene rings is 1. The molecule has 1 aliphatic heterocycles. The standard InChI is InChI=1S/C11H12F4N2.ClH/c12-8-3-1-2-7(11(13,14)15)10(8)9-6-16-4-5-17-9;/h1-3,9,16-17H,4-6H2;1H/t9-;/m1./s1. The van der Waals surface area contributed by atoms with E-state index in [2.05, 4.69) is 10.6 Å². The van der Waals surface area contributed by atoms with E-state index in [4.69, 9.17) is 0 Å². The number of alkyl halides is 3. The van der Waals surface area contributed by atoms with Crippen molar-refractivity contribution in [3.63, 3.8) is 0 Å². The van der Waals surface area contributed by atoms with Gasteiger partial charge >= 0.3 is 6.18 Å². The first-order valence-corrected chi connectivity index (χ1v) is 5.30. The summed E-state index contributed by atoms with van der Waals surface area (Å²) in [4.78, 5) is 0. The second-order valence-corrected chi connectivity index (χ2v) is 3.91. The Balaban J connectivity index is 0.00000162. The van der Waals surface area contributed by atoms with Crippen molar-refractivity contribution in [2.24, 2.45) is 0 Å². The van der Waals surface area contributed by atoms with Crippen LogP contribution in [0.5, 0.6) is 0 Å². The Morgan fingerprint density at radius 2 is 1.89 bits per heavy atom. The van der Waals surface area contributed by atoms with Gasteiger partial charge in [-0.3, -0.25) is 0 Å². The molecule has 0 aromatic heterocycles. The Kier molecular flexibility index (Phi) is 4.95. The van der Waals surface area contributed by atoms with Crippen molar-refractivity contribution in [2.75, 3.05) is 19.6 Å². The molecule has 102 valence electrons. The molecular formula is C11H13ClF4N2. The molecule has 1 aliphatic rings. The van der Waals surface area contributed by atoms with E-state index in [1.54, 1.807) is 0 Å². The van der Waals surface area contributed by atoms with E-state index in [0.717, 1.165) is 18.2 Å². The van der Waals surface area contributed by atoms with Crippen LogP contribution in [0.3, 0.4) is 0 Å². The maximum Gasteiger partial charge on any atom is 0.416 e. The minimum atomic E-state index is -4.53. The first-order valence-electron chi connectivity index (χ1n) is 5.30. The van der Waals surface area contributed by atoms with Gasteiger partial charge in [-0.05, 0) is 12.1 Å². The predicted octanol–water partition coefficient (Wildman–Crippen LogP) is 2.50. The SMILES string of the molecule is Cl.Fc1cccc(C(F)(F)F)c1[C@H]1CNCCN1. The van der Waals surface area contributed by atoms with Crippen LogP contribution in [-0.2, 0) is 6.18 Å². The third kappa shape index (κ3) is 3.13. The van der Waals surface area contributed by atoms with E-state index >= 15 is 0 Å². The quantitative estimate of drug-likeness (QED) is 0.774. The summed E-state index contributed by atoms with van der Waals surface area (Å²) in [5, 5.41) is 5.83. The molecule has 0 saturated carbocycles. The fraction of sp³-hybridized carbons (Fsp3) is 0.455. The minimum absolute atomic E-state index is 0. The van der Waals surface area contributed by atoms with Gasteiger partial charge in [-0.1, -0.05) is 6.07 Å². The number of hydrogen-bond donors (Lipinski definition) is 2. The third-order valence-electron chi connectivity index (χ3n) is 2.75. The van der Waals surface area contributed by atoms with Crippen LogP contribution in [0.4, 0.5) is 17.6 Å². The second-order valence-electron chi connectivity index (χ2n) is 3.91. The zero-order valence-electron chi connectivity index (χ0n) is 9.35. The molecule has 1 aromatic carbocycles. The van der Waals surface area contributed by atoms with Gasteiger partial charge in [0.25, 0.3) is 0 Å². The van der Waals surface area contributed by atoms with Gasteiger partial charge in [0.1, 0.15) is 5.82 Å². The Labute approximate surface area is 108 Å². The summed E-state index contributed by atoms with van der Waals surface area (Å²) in [7, 11) is 0. The van der Waals surface area contributed by atoms with Crippen molar-refractivity contribution in [3.05, 3.63) is 35.1 Å². The number of piperazine rings is 1. The molecule has 2 rings (SSSR count). The lowest BCUT2D eigenvalue weighted by molar-refractivity contribution is -0.138. The molecule has 0 amide bonds. The van der Waals surface area contributed by atoms with Crippen molar-refractivity contribution in [2.45, 2.75) is 12.2 Å². The highest BCUT2D eigenvalue weighted by molar-refractivity contribution is 5.85. The molecule has 1 aromatic rings. The van der Waals surface area contributed by atoms with E-state index in [9.17, 15) is 17.6 Å². The molecular weight excluding hydrogens is 272 g/mol. The Bertz CT molecular complexity index is 403. The molecule has 0 bridgehead atoms. The molecule has 2 nitrogen and oxygen atoms in total. The lowest BCUT2D eigenvalue weighted by atomic mass is 9.98. The molecule has 1 atom stereocenters. The first-order chi connectivity index (χ1) is 8.00. The summed E-state index contributed by atoms with van der Waals surface area (Å²) in [5.41, 5.74) is -1.20. The zero-order valence-corrected chi connectivity index (χ0v) is 10.2. The van der Waals surface area contributed by atoms with Gasteiger partial charge in [0.15, 0.2) is 0 Å². The lowest BCUT2D eigenvalue weighted by Gasteiger charge is -2.27. The second kappa shape index (κ2) is 5.86. The van der Waals surface area contributed by atoms with Crippen LogP contribution < -0.4 is 10.6 Å². The van der Waals surface area contributed by atoms with Crippen LogP contribution in [0.2, 0.25) is 0 Å². The minimum Gasteiger partial charge on any atom is -0.314 e. The Morgan fingerprint density at radius 3 is 2.44 bits per heavy atom. The van der Waals surface area contributed by atoms with Crippen molar-refractivity contribution in [1.82, 2.24) is 10.6 Å². The number of nitrogens with one attached hydrogen (secondary N) is 2. The van der Waals surface area contributed by atoms with Gasteiger partial charge in [-0.25, -0.2) is 4.39 Å². The largest absolute Gasteiger partial charge is 0.416 e. The van der Waals surface area contributed by atoms with Gasteiger partial charge in [-0.2, -0.15) is 13.2 Å². The summed E-state index contributed by atoms with van der Waals surface area (Å²) in [5.74, 6) is -0.818. The number of hydrogen-bond acceptors (Lipinski definition) is 2. The van der Waals surface area contributed by atoms with Crippen molar-refractivity contribution in [3.8, 4) is 0 Å². The topological polar surface area (TPSA) is 24.1 Å². The van der Waals surface area contributed by atoms with E-state index in [1.807, 2.05) is 0 Å². The first kappa shape index (κ1) is 15.2. The highest BCUT2D eigenvalue weighted by Crippen LogP contribution is 2.35. The number of rotatable bonds is 1. The van der Waals surface area contributed by atoms with Crippen LogP contribution in [-0.4, -0.2) is 19.6 Å². The van der Waals surface area contributed by atoms with Crippen LogP contribution in [0.25, 0.3) is 0 Å². The van der Waals surface area contributed by atoms with Gasteiger partial charge < -0.3 is 10.6 Å². The molecule has 1 fully saturated rings. The van der Waals surface area contributed by atoms with E-state index < -0.39 is 23.6 Å². The smallest absolute Gasteiger partial charge is 0.314 e. The summed E-state index contributed by atoms with van der Waals surface area (Å²) in [6, 6.07) is 2.41. The molecule has 0 radical (unpaired) electrons. The molecule has 0 unspecified atom stereocenters. The average Bonchev–Trinajstić information content (AvgIpc) is 2.28. The van der Waals surface area contributed by atoms with E-state index in [0.29, 0.717) is 19.6 Å². The monoisotopic (exact) mass is 284 g/mol. The summed E-state index contributed by atoms with van der Waals surface area (Å²) in [6.07, 6.45) is -4.53. The van der Waals surface area contributed by atoms with Crippen LogP contribution in [0, 0.1) is 5.82 Å². The molecule has 1 saturated heterocycles. The summed E-state index contributed by atoms with van der Waals surface area (Å²) < 4.78 is 51.9. The normalized spacial score (nSPS) is 20.3. The van der Waals surface area contributed by atoms with Gasteiger partial charge in [0.05, 0.1) is 5.56 Å². The zero-order chi connectivity index (χ0) is 12.5. The maximum absolute atomic E-state index is 13.6. The summed E-state index contributed by atoms with van der Waals surface area (Å²) >= 11 is 0. The van der Waals surface area contributed by atoms with Crippen LogP contribution >= 0.6 is 12.4 Å². The average molecular weight is 285 g/mol. The van der Waals surface area contributed by atoms with Crippen LogP contribution in [0.15, 0.2) is 18.2 Å². The molecule has 0 aliphatic carbocycles. The predicted molar refractivity (Wildman–Crippen MR) is 62.3 cm³/mol. The van der Waals surface area contributed by atoms with Crippen molar-refractivity contribution >= 4 is 12.4 Å². The fourth-order valence-corrected chi connectivity index (χ4v) is 2.00. The molecule has 0 spiro atoms. The molecule has 1 heterocycles. The third-order valence-corrected chi connectivity index (χ3v) is 2.75. The van der Waals surface area contributed by atoms with E-state index in [1.165, 1.54) is 0 Å². The van der Waals surface area contributed by atoms with Gasteiger partial charge in [0.2, 0.25) is 0 Å². The van der Waals surface area contributed by atoms with Gasteiger partial charge in [-0.15, -0.1) is 12.4 Å². The molecule has 2 N–H and O–H groups in total. The van der Waals surface area contributed by atoms with Crippen LogP contribution in [0.1, 0.15) is 17.2 Å². The van der Waals surface area contributed by atoms with Gasteiger partial charge in [0, 0.05) is 31.2 Å². The Hall–Kier alpha value is -0.850. The molecule has 7 heteroatoms. The highest BCUT2D eigenvalue weighted by atomic mass is 35.5. The fourth-order valence-electron chi connectivity index (χ4n) is 2.00. The highest BCUT2D eigenvalue weighted by Gasteiger charge is 2.36. The lowest BCUT2D eigenvalue weighted by Crippen LogP contribution is -2.43. The van der Waals surface area contributed by atoms with E-state index in [-0.39, 0.29) is 18.0 Å². The summed E-state index contributed by atoms with van der Waals surface area (Å²) in [6.45, 7) is 1.49. The van der Waals surface area contributed by atoms with Crippen molar-refractivity contribution in [1.29, 1.82) is 0 Å². The number of halogens is 5. The molecule has 18 heavy (non-hydrogen) atoms.